The molecule has 1 saturated heterocycles. The van der Waals surface area contributed by atoms with Gasteiger partial charge in [0.25, 0.3) is 0 Å². The van der Waals surface area contributed by atoms with Gasteiger partial charge in [-0.1, -0.05) is 40.9 Å². The molecular formula is C15H21BrN2O. The summed E-state index contributed by atoms with van der Waals surface area (Å²) < 4.78 is 1.05. The van der Waals surface area contributed by atoms with Crippen molar-refractivity contribution in [2.45, 2.75) is 38.3 Å². The summed E-state index contributed by atoms with van der Waals surface area (Å²) in [6, 6.07) is 8.11. The highest BCUT2D eigenvalue weighted by Gasteiger charge is 2.22. The molecule has 1 unspecified atom stereocenters. The minimum atomic E-state index is -0.000321. The fourth-order valence-electron chi connectivity index (χ4n) is 2.49. The first-order valence-electron chi connectivity index (χ1n) is 6.89. The molecule has 0 spiro atoms. The molecule has 2 rings (SSSR count). The normalized spacial score (nSPS) is 19.8. The Morgan fingerprint density at radius 3 is 3.05 bits per heavy atom. The molecule has 0 aromatic heterocycles. The Bertz CT molecular complexity index is 428. The van der Waals surface area contributed by atoms with E-state index >= 15 is 0 Å². The van der Waals surface area contributed by atoms with Crippen LogP contribution in [-0.2, 0) is 11.3 Å². The Balaban J connectivity index is 1.94. The number of nitrogens with zero attached hydrogens (tertiary/aromatic N) is 1. The Hall–Kier alpha value is -0.870. The molecule has 1 fully saturated rings. The monoisotopic (exact) mass is 324 g/mol. The SMILES string of the molecule is CN(Cc1cccc(Br)c1)C(=O)C1CCCCCN1. The van der Waals surface area contributed by atoms with Crippen LogP contribution in [-0.4, -0.2) is 30.4 Å². The molecule has 1 aromatic carbocycles. The lowest BCUT2D eigenvalue weighted by molar-refractivity contribution is -0.132. The van der Waals surface area contributed by atoms with E-state index in [9.17, 15) is 4.79 Å². The molecule has 0 radical (unpaired) electrons. The lowest BCUT2D eigenvalue weighted by Gasteiger charge is -2.23. The number of rotatable bonds is 3. The van der Waals surface area contributed by atoms with Crippen LogP contribution in [0.2, 0.25) is 0 Å². The van der Waals surface area contributed by atoms with E-state index in [0.29, 0.717) is 6.54 Å². The average Bonchev–Trinajstić information content (AvgIpc) is 2.66. The summed E-state index contributed by atoms with van der Waals surface area (Å²) in [4.78, 5) is 14.2. The van der Waals surface area contributed by atoms with E-state index in [2.05, 4.69) is 33.4 Å². The Morgan fingerprint density at radius 2 is 2.26 bits per heavy atom. The van der Waals surface area contributed by atoms with Crippen LogP contribution in [0.25, 0.3) is 0 Å². The fourth-order valence-corrected chi connectivity index (χ4v) is 2.94. The van der Waals surface area contributed by atoms with E-state index in [1.807, 2.05) is 24.1 Å². The average molecular weight is 325 g/mol. The van der Waals surface area contributed by atoms with Gasteiger partial charge in [0.2, 0.25) is 5.91 Å². The van der Waals surface area contributed by atoms with Crippen LogP contribution in [0.1, 0.15) is 31.2 Å². The molecule has 1 aliphatic rings. The van der Waals surface area contributed by atoms with Crippen LogP contribution < -0.4 is 5.32 Å². The number of nitrogens with one attached hydrogen (secondary N) is 1. The molecule has 1 aromatic rings. The van der Waals surface area contributed by atoms with Gasteiger partial charge in [-0.25, -0.2) is 0 Å². The van der Waals surface area contributed by atoms with E-state index < -0.39 is 0 Å². The van der Waals surface area contributed by atoms with Gasteiger partial charge in [-0.05, 0) is 37.1 Å². The van der Waals surface area contributed by atoms with Crippen molar-refractivity contribution in [3.63, 3.8) is 0 Å². The third-order valence-electron chi connectivity index (χ3n) is 3.54. The minimum Gasteiger partial charge on any atom is -0.340 e. The molecule has 3 nitrogen and oxygen atoms in total. The van der Waals surface area contributed by atoms with Crippen molar-refractivity contribution in [3.8, 4) is 0 Å². The van der Waals surface area contributed by atoms with Gasteiger partial charge in [0.1, 0.15) is 0 Å². The number of carbonyl (C=O) groups is 1. The minimum absolute atomic E-state index is 0.000321. The zero-order chi connectivity index (χ0) is 13.7. The first-order valence-corrected chi connectivity index (χ1v) is 7.69. The number of halogens is 1. The summed E-state index contributed by atoms with van der Waals surface area (Å²) in [5.41, 5.74) is 1.15. The lowest BCUT2D eigenvalue weighted by Crippen LogP contribution is -2.44. The highest BCUT2D eigenvalue weighted by atomic mass is 79.9. The summed E-state index contributed by atoms with van der Waals surface area (Å²) >= 11 is 3.46. The van der Waals surface area contributed by atoms with Crippen LogP contribution in [0.15, 0.2) is 28.7 Å². The van der Waals surface area contributed by atoms with Gasteiger partial charge in [0.15, 0.2) is 0 Å². The maximum absolute atomic E-state index is 12.4. The fraction of sp³-hybridized carbons (Fsp3) is 0.533. The third-order valence-corrected chi connectivity index (χ3v) is 4.04. The molecule has 4 heteroatoms. The van der Waals surface area contributed by atoms with Crippen molar-refractivity contribution in [2.24, 2.45) is 0 Å². The number of hydrogen-bond acceptors (Lipinski definition) is 2. The number of carbonyl (C=O) groups excluding carboxylic acids is 1. The zero-order valence-electron chi connectivity index (χ0n) is 11.4. The van der Waals surface area contributed by atoms with E-state index in [1.165, 1.54) is 12.8 Å². The van der Waals surface area contributed by atoms with Gasteiger partial charge in [-0.2, -0.15) is 0 Å². The Labute approximate surface area is 123 Å². The predicted octanol–water partition coefficient (Wildman–Crippen LogP) is 2.94. The van der Waals surface area contributed by atoms with Crippen LogP contribution in [0.5, 0.6) is 0 Å². The Kier molecular flexibility index (Phi) is 5.40. The molecule has 1 atom stereocenters. The summed E-state index contributed by atoms with van der Waals surface area (Å²) in [6.45, 7) is 1.62. The number of amides is 1. The number of benzene rings is 1. The molecule has 0 saturated carbocycles. The maximum Gasteiger partial charge on any atom is 0.239 e. The summed E-state index contributed by atoms with van der Waals surface area (Å²) in [6.07, 6.45) is 4.51. The van der Waals surface area contributed by atoms with Gasteiger partial charge in [0.05, 0.1) is 6.04 Å². The molecule has 1 heterocycles. The molecule has 19 heavy (non-hydrogen) atoms. The van der Waals surface area contributed by atoms with Crippen molar-refractivity contribution >= 4 is 21.8 Å². The van der Waals surface area contributed by atoms with Crippen molar-refractivity contribution < 1.29 is 4.79 Å². The third kappa shape index (κ3) is 4.32. The number of likely N-dealkylation sites (N-methyl/N-ethyl adjacent to an activating group) is 1. The molecule has 0 bridgehead atoms. The maximum atomic E-state index is 12.4. The second kappa shape index (κ2) is 7.06. The van der Waals surface area contributed by atoms with E-state index in [4.69, 9.17) is 0 Å². The molecule has 1 N–H and O–H groups in total. The molecule has 1 amide bonds. The van der Waals surface area contributed by atoms with Crippen molar-refractivity contribution in [2.75, 3.05) is 13.6 Å². The summed E-state index contributed by atoms with van der Waals surface area (Å²) in [5, 5.41) is 3.36. The predicted molar refractivity (Wildman–Crippen MR) is 80.9 cm³/mol. The van der Waals surface area contributed by atoms with E-state index in [-0.39, 0.29) is 11.9 Å². The highest BCUT2D eigenvalue weighted by Crippen LogP contribution is 2.15. The second-order valence-electron chi connectivity index (χ2n) is 5.18. The Morgan fingerprint density at radius 1 is 1.42 bits per heavy atom. The highest BCUT2D eigenvalue weighted by molar-refractivity contribution is 9.10. The topological polar surface area (TPSA) is 32.3 Å². The van der Waals surface area contributed by atoms with Gasteiger partial charge < -0.3 is 10.2 Å². The van der Waals surface area contributed by atoms with Gasteiger partial charge in [0, 0.05) is 18.1 Å². The molecule has 104 valence electrons. The number of hydrogen-bond donors (Lipinski definition) is 1. The van der Waals surface area contributed by atoms with Crippen LogP contribution in [0, 0.1) is 0 Å². The van der Waals surface area contributed by atoms with Crippen LogP contribution >= 0.6 is 15.9 Å². The molecular weight excluding hydrogens is 304 g/mol. The quantitative estimate of drug-likeness (QED) is 0.927. The zero-order valence-corrected chi connectivity index (χ0v) is 12.9. The van der Waals surface area contributed by atoms with Gasteiger partial charge in [-0.3, -0.25) is 4.79 Å². The van der Waals surface area contributed by atoms with E-state index in [1.54, 1.807) is 0 Å². The van der Waals surface area contributed by atoms with Crippen molar-refractivity contribution in [3.05, 3.63) is 34.3 Å². The first kappa shape index (κ1) is 14.5. The first-order chi connectivity index (χ1) is 9.16. The van der Waals surface area contributed by atoms with Gasteiger partial charge in [-0.15, -0.1) is 0 Å². The van der Waals surface area contributed by atoms with Gasteiger partial charge >= 0.3 is 0 Å². The standard InChI is InChI=1S/C15H21BrN2O/c1-18(11-12-6-5-7-13(16)10-12)15(19)14-8-3-2-4-9-17-14/h5-7,10,14,17H,2-4,8-9,11H2,1H3. The summed E-state index contributed by atoms with van der Waals surface area (Å²) in [5.74, 6) is 0.210. The largest absolute Gasteiger partial charge is 0.340 e. The lowest BCUT2D eigenvalue weighted by atomic mass is 10.1. The second-order valence-corrected chi connectivity index (χ2v) is 6.10. The summed E-state index contributed by atoms with van der Waals surface area (Å²) in [7, 11) is 1.88. The van der Waals surface area contributed by atoms with Crippen molar-refractivity contribution in [1.82, 2.24) is 10.2 Å². The molecule has 1 aliphatic heterocycles. The van der Waals surface area contributed by atoms with Crippen LogP contribution in [0.4, 0.5) is 0 Å². The molecule has 0 aliphatic carbocycles. The smallest absolute Gasteiger partial charge is 0.239 e. The van der Waals surface area contributed by atoms with Crippen molar-refractivity contribution in [1.29, 1.82) is 0 Å². The van der Waals surface area contributed by atoms with Crippen LogP contribution in [0.3, 0.4) is 0 Å². The van der Waals surface area contributed by atoms with E-state index in [0.717, 1.165) is 29.4 Å².